The topological polar surface area (TPSA) is 58.9 Å². The van der Waals surface area contributed by atoms with Crippen LogP contribution in [0.1, 0.15) is 12.6 Å². The molecular weight excluding hydrogens is 372 g/mol. The third kappa shape index (κ3) is 4.04. The Labute approximate surface area is 177 Å². The van der Waals surface area contributed by atoms with Crippen LogP contribution in [0.2, 0.25) is 0 Å². The maximum Gasteiger partial charge on any atom is 0.139 e. The molecule has 1 aliphatic heterocycles. The summed E-state index contributed by atoms with van der Waals surface area (Å²) in [5.74, 6) is 0. The molecule has 3 aromatic rings. The van der Waals surface area contributed by atoms with Gasteiger partial charge < -0.3 is 10.2 Å². The van der Waals surface area contributed by atoms with Gasteiger partial charge in [0, 0.05) is 50.2 Å². The van der Waals surface area contributed by atoms with E-state index in [-0.39, 0.29) is 0 Å². The van der Waals surface area contributed by atoms with Crippen molar-refractivity contribution >= 4 is 12.7 Å². The molecule has 1 aromatic carbocycles. The zero-order valence-electron chi connectivity index (χ0n) is 17.9. The van der Waals surface area contributed by atoms with Gasteiger partial charge in [0.15, 0.2) is 0 Å². The van der Waals surface area contributed by atoms with Crippen molar-refractivity contribution < 1.29 is 0 Å². The van der Waals surface area contributed by atoms with Gasteiger partial charge in [0.25, 0.3) is 0 Å². The molecule has 0 unspecified atom stereocenters. The number of hydrogen-bond donors (Lipinski definition) is 1. The molecule has 30 heavy (non-hydrogen) atoms. The fourth-order valence-corrected chi connectivity index (χ4v) is 3.84. The highest BCUT2D eigenvalue weighted by atomic mass is 15.4. The molecule has 0 atom stereocenters. The highest BCUT2D eigenvalue weighted by Crippen LogP contribution is 2.27. The van der Waals surface area contributed by atoms with Crippen molar-refractivity contribution in [1.29, 1.82) is 0 Å². The Morgan fingerprint density at radius 1 is 1.17 bits per heavy atom. The number of rotatable bonds is 4. The van der Waals surface area contributed by atoms with Crippen LogP contribution in [0.5, 0.6) is 0 Å². The number of aromatic nitrogens is 4. The van der Waals surface area contributed by atoms with Gasteiger partial charge in [-0.1, -0.05) is 36.1 Å². The van der Waals surface area contributed by atoms with Crippen molar-refractivity contribution in [3.63, 3.8) is 0 Å². The lowest BCUT2D eigenvalue weighted by Crippen LogP contribution is -2.43. The van der Waals surface area contributed by atoms with Crippen LogP contribution in [0.3, 0.4) is 0 Å². The van der Waals surface area contributed by atoms with E-state index in [1.807, 2.05) is 36.9 Å². The lowest BCUT2D eigenvalue weighted by Gasteiger charge is -2.30. The summed E-state index contributed by atoms with van der Waals surface area (Å²) in [6.45, 7) is 12.4. The van der Waals surface area contributed by atoms with Gasteiger partial charge in [0.1, 0.15) is 5.69 Å². The van der Waals surface area contributed by atoms with Crippen LogP contribution < -0.4 is 15.8 Å². The molecule has 0 spiro atoms. The maximum absolute atomic E-state index is 4.65. The van der Waals surface area contributed by atoms with Crippen LogP contribution in [0, 0.1) is 6.92 Å². The Hall–Kier alpha value is -3.25. The fraction of sp³-hybridized carbons (Fsp3) is 0.292. The number of pyridine rings is 1. The first kappa shape index (κ1) is 20.0. The van der Waals surface area contributed by atoms with E-state index in [4.69, 9.17) is 0 Å². The SMILES string of the molecule is C=c1ccc(-c2c(-c3cccc(C)n3)nnn2C)c/c1=C/C(=C\C)N1CCNCC1. The molecule has 1 fully saturated rings. The molecule has 0 aliphatic carbocycles. The van der Waals surface area contributed by atoms with E-state index < -0.39 is 0 Å². The second kappa shape index (κ2) is 8.63. The van der Waals surface area contributed by atoms with Gasteiger partial charge >= 0.3 is 0 Å². The third-order valence-electron chi connectivity index (χ3n) is 5.46. The van der Waals surface area contributed by atoms with Gasteiger partial charge in [0.2, 0.25) is 0 Å². The highest BCUT2D eigenvalue weighted by molar-refractivity contribution is 5.76. The van der Waals surface area contributed by atoms with Gasteiger partial charge in [-0.3, -0.25) is 4.98 Å². The molecule has 0 bridgehead atoms. The number of hydrogen-bond acceptors (Lipinski definition) is 5. The molecule has 0 amide bonds. The molecule has 0 radical (unpaired) electrons. The molecule has 1 saturated heterocycles. The number of aryl methyl sites for hydroxylation is 2. The summed E-state index contributed by atoms with van der Waals surface area (Å²) in [5.41, 5.74) is 5.80. The molecule has 6 nitrogen and oxygen atoms in total. The summed E-state index contributed by atoms with van der Waals surface area (Å²) in [5, 5.41) is 14.2. The van der Waals surface area contributed by atoms with Crippen molar-refractivity contribution in [2.24, 2.45) is 7.05 Å². The van der Waals surface area contributed by atoms with E-state index in [2.05, 4.69) is 69.4 Å². The lowest BCUT2D eigenvalue weighted by molar-refractivity contribution is 0.310. The predicted octanol–water partition coefficient (Wildman–Crippen LogP) is 1.85. The number of piperazine rings is 1. The molecule has 4 rings (SSSR count). The van der Waals surface area contributed by atoms with E-state index in [0.717, 1.165) is 65.0 Å². The summed E-state index contributed by atoms with van der Waals surface area (Å²) in [4.78, 5) is 7.06. The van der Waals surface area contributed by atoms with Gasteiger partial charge in [-0.2, -0.15) is 0 Å². The first-order chi connectivity index (χ1) is 14.6. The molecule has 0 saturated carbocycles. The smallest absolute Gasteiger partial charge is 0.139 e. The number of benzene rings is 1. The van der Waals surface area contributed by atoms with Gasteiger partial charge in [-0.25, -0.2) is 4.68 Å². The van der Waals surface area contributed by atoms with Gasteiger partial charge in [-0.15, -0.1) is 5.10 Å². The van der Waals surface area contributed by atoms with Gasteiger partial charge in [0.05, 0.1) is 11.4 Å². The Kier molecular flexibility index (Phi) is 5.77. The summed E-state index contributed by atoms with van der Waals surface area (Å²) >= 11 is 0. The summed E-state index contributed by atoms with van der Waals surface area (Å²) < 4.78 is 1.81. The second-order valence-electron chi connectivity index (χ2n) is 7.58. The Morgan fingerprint density at radius 3 is 2.70 bits per heavy atom. The molecular formula is C24H28N6. The Balaban J connectivity index is 1.80. The molecule has 6 heteroatoms. The van der Waals surface area contributed by atoms with E-state index in [0.29, 0.717) is 0 Å². The first-order valence-corrected chi connectivity index (χ1v) is 10.3. The molecule has 3 heterocycles. The van der Waals surface area contributed by atoms with Crippen molar-refractivity contribution in [2.75, 3.05) is 26.2 Å². The minimum Gasteiger partial charge on any atom is -0.369 e. The quantitative estimate of drug-likeness (QED) is 0.724. The second-order valence-corrected chi connectivity index (χ2v) is 7.58. The molecule has 1 aliphatic rings. The Bertz CT molecular complexity index is 1180. The predicted molar refractivity (Wildman–Crippen MR) is 122 cm³/mol. The highest BCUT2D eigenvalue weighted by Gasteiger charge is 2.16. The van der Waals surface area contributed by atoms with Crippen molar-refractivity contribution in [1.82, 2.24) is 30.2 Å². The summed E-state index contributed by atoms with van der Waals surface area (Å²) in [6, 6.07) is 12.3. The normalized spacial score (nSPS) is 15.6. The minimum atomic E-state index is 0.789. The fourth-order valence-electron chi connectivity index (χ4n) is 3.84. The van der Waals surface area contributed by atoms with E-state index >= 15 is 0 Å². The standard InChI is InChI=1S/C24H28N6/c1-5-21(30-13-11-25-12-14-30)16-20-15-19(10-9-17(20)2)24-23(27-28-29(24)4)22-8-6-7-18(3)26-22/h5-10,15-16,25H,2,11-14H2,1,3-4H3/b20-16-,21-5+. The van der Waals surface area contributed by atoms with Crippen LogP contribution >= 0.6 is 0 Å². The van der Waals surface area contributed by atoms with Crippen LogP contribution in [-0.4, -0.2) is 51.1 Å². The van der Waals surface area contributed by atoms with Crippen LogP contribution in [0.4, 0.5) is 0 Å². The van der Waals surface area contributed by atoms with Crippen LogP contribution in [0.15, 0.2) is 48.2 Å². The zero-order valence-corrected chi connectivity index (χ0v) is 17.9. The largest absolute Gasteiger partial charge is 0.369 e. The van der Waals surface area contributed by atoms with Gasteiger partial charge in [-0.05, 0) is 48.6 Å². The summed E-state index contributed by atoms with van der Waals surface area (Å²) in [6.07, 6.45) is 4.40. The average molecular weight is 401 g/mol. The summed E-state index contributed by atoms with van der Waals surface area (Å²) in [7, 11) is 1.92. The zero-order chi connectivity index (χ0) is 21.1. The van der Waals surface area contributed by atoms with E-state index in [9.17, 15) is 0 Å². The van der Waals surface area contributed by atoms with E-state index in [1.54, 1.807) is 0 Å². The van der Waals surface area contributed by atoms with Crippen LogP contribution in [0.25, 0.3) is 35.3 Å². The maximum atomic E-state index is 4.65. The third-order valence-corrected chi connectivity index (χ3v) is 5.46. The van der Waals surface area contributed by atoms with Crippen molar-refractivity contribution in [3.8, 4) is 22.6 Å². The van der Waals surface area contributed by atoms with Crippen LogP contribution in [-0.2, 0) is 7.05 Å². The average Bonchev–Trinajstić information content (AvgIpc) is 3.15. The van der Waals surface area contributed by atoms with Crippen molar-refractivity contribution in [2.45, 2.75) is 13.8 Å². The van der Waals surface area contributed by atoms with Crippen molar-refractivity contribution in [3.05, 3.63) is 64.3 Å². The number of nitrogens with zero attached hydrogens (tertiary/aromatic N) is 5. The lowest BCUT2D eigenvalue weighted by atomic mass is 10.0. The number of allylic oxidation sites excluding steroid dienone is 2. The molecule has 2 aromatic heterocycles. The van der Waals surface area contributed by atoms with E-state index in [1.165, 1.54) is 5.70 Å². The molecule has 1 N–H and O–H groups in total. The first-order valence-electron chi connectivity index (χ1n) is 10.3. The Morgan fingerprint density at radius 2 is 1.97 bits per heavy atom. The molecule has 154 valence electrons. The monoisotopic (exact) mass is 400 g/mol. The minimum absolute atomic E-state index is 0.789. The number of nitrogens with one attached hydrogen (secondary N) is 1.